The number of hydrogen-bond donors (Lipinski definition) is 1. The molecule has 96 valence electrons. The lowest BCUT2D eigenvalue weighted by molar-refractivity contribution is 0.671. The van der Waals surface area contributed by atoms with Gasteiger partial charge in [0.2, 0.25) is 0 Å². The molecule has 1 N–H and O–H groups in total. The van der Waals surface area contributed by atoms with Crippen LogP contribution < -0.4 is 11.2 Å². The molecule has 2 heterocycles. The Kier molecular flexibility index (Phi) is 3.98. The van der Waals surface area contributed by atoms with E-state index in [-0.39, 0.29) is 17.3 Å². The Bertz CT molecular complexity index is 645. The number of halogens is 1. The van der Waals surface area contributed by atoms with Crippen molar-refractivity contribution < 1.29 is 0 Å². The van der Waals surface area contributed by atoms with Crippen molar-refractivity contribution in [3.8, 4) is 0 Å². The summed E-state index contributed by atoms with van der Waals surface area (Å²) in [6.07, 6.45) is 1.34. The van der Waals surface area contributed by atoms with Crippen LogP contribution in [-0.4, -0.2) is 14.5 Å². The Balaban J connectivity index is 2.50. The first-order valence-corrected chi connectivity index (χ1v) is 6.84. The fraction of sp³-hybridized carbons (Fsp3) is 0.364. The summed E-state index contributed by atoms with van der Waals surface area (Å²) in [6.45, 7) is 2.12. The highest BCUT2D eigenvalue weighted by molar-refractivity contribution is 7.07. The average molecular weight is 286 g/mol. The highest BCUT2D eigenvalue weighted by Gasteiger charge is 2.12. The van der Waals surface area contributed by atoms with Crippen LogP contribution in [0.3, 0.4) is 0 Å². The average Bonchev–Trinajstić information content (AvgIpc) is 2.83. The Morgan fingerprint density at radius 2 is 2.28 bits per heavy atom. The minimum absolute atomic E-state index is 0.140. The number of hydrogen-bond acceptors (Lipinski definition) is 4. The molecule has 0 aliphatic carbocycles. The molecule has 0 bridgehead atoms. The van der Waals surface area contributed by atoms with Crippen LogP contribution in [0.15, 0.2) is 20.5 Å². The van der Waals surface area contributed by atoms with Gasteiger partial charge in [-0.3, -0.25) is 14.3 Å². The maximum Gasteiger partial charge on any atom is 0.329 e. The summed E-state index contributed by atoms with van der Waals surface area (Å²) >= 11 is 7.31. The molecule has 0 saturated carbocycles. The van der Waals surface area contributed by atoms with Gasteiger partial charge in [-0.15, -0.1) is 11.3 Å². The standard InChI is InChI=1S/C11H12ClN3O2S/c1-2-3-8-9(12)14-11(17)15(10(8)16)4-7-5-18-6-13-7/h5-6H,2-4H2,1H3,(H,14,17). The molecule has 0 fully saturated rings. The first kappa shape index (κ1) is 13.0. The first-order valence-electron chi connectivity index (χ1n) is 5.52. The molecular weight excluding hydrogens is 274 g/mol. The minimum Gasteiger partial charge on any atom is -0.297 e. The third kappa shape index (κ3) is 2.54. The highest BCUT2D eigenvalue weighted by Crippen LogP contribution is 2.08. The molecule has 0 spiro atoms. The second kappa shape index (κ2) is 5.49. The van der Waals surface area contributed by atoms with E-state index in [2.05, 4.69) is 9.97 Å². The van der Waals surface area contributed by atoms with E-state index in [1.165, 1.54) is 11.3 Å². The molecule has 5 nitrogen and oxygen atoms in total. The maximum absolute atomic E-state index is 12.2. The predicted molar refractivity (Wildman–Crippen MR) is 71.5 cm³/mol. The van der Waals surface area contributed by atoms with Gasteiger partial charge in [0.15, 0.2) is 0 Å². The van der Waals surface area contributed by atoms with Gasteiger partial charge >= 0.3 is 5.69 Å². The largest absolute Gasteiger partial charge is 0.329 e. The second-order valence-electron chi connectivity index (χ2n) is 3.84. The normalized spacial score (nSPS) is 10.8. The first-order chi connectivity index (χ1) is 8.63. The van der Waals surface area contributed by atoms with Gasteiger partial charge < -0.3 is 0 Å². The van der Waals surface area contributed by atoms with E-state index in [1.54, 1.807) is 10.9 Å². The van der Waals surface area contributed by atoms with E-state index in [0.29, 0.717) is 17.7 Å². The number of aromatic nitrogens is 3. The van der Waals surface area contributed by atoms with E-state index in [0.717, 1.165) is 11.0 Å². The molecule has 0 aliphatic heterocycles. The Hall–Kier alpha value is -1.40. The smallest absolute Gasteiger partial charge is 0.297 e. The molecule has 0 aromatic carbocycles. The van der Waals surface area contributed by atoms with Gasteiger partial charge in [-0.05, 0) is 6.42 Å². The molecule has 0 unspecified atom stereocenters. The third-order valence-electron chi connectivity index (χ3n) is 2.53. The van der Waals surface area contributed by atoms with Crippen LogP contribution in [0.2, 0.25) is 5.15 Å². The summed E-state index contributed by atoms with van der Waals surface area (Å²) in [4.78, 5) is 30.5. The van der Waals surface area contributed by atoms with Crippen molar-refractivity contribution in [2.45, 2.75) is 26.3 Å². The van der Waals surface area contributed by atoms with Crippen molar-refractivity contribution >= 4 is 22.9 Å². The van der Waals surface area contributed by atoms with Crippen molar-refractivity contribution in [3.05, 3.63) is 48.1 Å². The van der Waals surface area contributed by atoms with E-state index in [4.69, 9.17) is 11.6 Å². The summed E-state index contributed by atoms with van der Waals surface area (Å²) in [5.74, 6) is 0. The monoisotopic (exact) mass is 285 g/mol. The number of H-pyrrole nitrogens is 1. The maximum atomic E-state index is 12.2. The number of rotatable bonds is 4. The van der Waals surface area contributed by atoms with Crippen LogP contribution in [0.5, 0.6) is 0 Å². The molecule has 0 radical (unpaired) electrons. The van der Waals surface area contributed by atoms with Crippen LogP contribution >= 0.6 is 22.9 Å². The molecule has 2 aromatic rings. The van der Waals surface area contributed by atoms with Crippen molar-refractivity contribution in [1.82, 2.24) is 14.5 Å². The molecule has 7 heteroatoms. The summed E-state index contributed by atoms with van der Waals surface area (Å²) in [5.41, 5.74) is 1.97. The highest BCUT2D eigenvalue weighted by atomic mass is 35.5. The number of nitrogens with one attached hydrogen (secondary N) is 1. The lowest BCUT2D eigenvalue weighted by Gasteiger charge is -2.07. The SMILES string of the molecule is CCCc1c(Cl)[nH]c(=O)n(Cc2cscn2)c1=O. The molecule has 18 heavy (non-hydrogen) atoms. The molecule has 0 saturated heterocycles. The molecule has 2 rings (SSSR count). The van der Waals surface area contributed by atoms with Crippen LogP contribution in [0.1, 0.15) is 24.6 Å². The van der Waals surface area contributed by atoms with Crippen molar-refractivity contribution in [2.75, 3.05) is 0 Å². The van der Waals surface area contributed by atoms with E-state index in [1.807, 2.05) is 6.92 Å². The fourth-order valence-electron chi connectivity index (χ4n) is 1.67. The zero-order valence-electron chi connectivity index (χ0n) is 9.77. The van der Waals surface area contributed by atoms with Crippen LogP contribution in [0.4, 0.5) is 0 Å². The van der Waals surface area contributed by atoms with Gasteiger partial charge in [0.1, 0.15) is 5.15 Å². The number of aromatic amines is 1. The van der Waals surface area contributed by atoms with Crippen molar-refractivity contribution in [3.63, 3.8) is 0 Å². The van der Waals surface area contributed by atoms with Gasteiger partial charge in [-0.2, -0.15) is 0 Å². The molecule has 2 aromatic heterocycles. The Morgan fingerprint density at radius 1 is 1.50 bits per heavy atom. The van der Waals surface area contributed by atoms with Crippen LogP contribution in [0, 0.1) is 0 Å². The van der Waals surface area contributed by atoms with E-state index < -0.39 is 5.69 Å². The zero-order chi connectivity index (χ0) is 13.1. The van der Waals surface area contributed by atoms with E-state index in [9.17, 15) is 9.59 Å². The van der Waals surface area contributed by atoms with Gasteiger partial charge in [0, 0.05) is 5.38 Å². The summed E-state index contributed by atoms with van der Waals surface area (Å²) in [6, 6.07) is 0. The van der Waals surface area contributed by atoms with Crippen LogP contribution in [-0.2, 0) is 13.0 Å². The van der Waals surface area contributed by atoms with Gasteiger partial charge in [0.25, 0.3) is 5.56 Å². The van der Waals surface area contributed by atoms with E-state index >= 15 is 0 Å². The zero-order valence-corrected chi connectivity index (χ0v) is 11.3. The summed E-state index contributed by atoms with van der Waals surface area (Å²) < 4.78 is 1.13. The quantitative estimate of drug-likeness (QED) is 0.869. The third-order valence-corrected chi connectivity index (χ3v) is 3.49. The van der Waals surface area contributed by atoms with Crippen molar-refractivity contribution in [2.24, 2.45) is 0 Å². The lowest BCUT2D eigenvalue weighted by Crippen LogP contribution is -2.37. The lowest BCUT2D eigenvalue weighted by atomic mass is 10.2. The number of thiazole rings is 1. The number of nitrogens with zero attached hydrogens (tertiary/aromatic N) is 2. The summed E-state index contributed by atoms with van der Waals surface area (Å²) in [5, 5.41) is 1.95. The minimum atomic E-state index is -0.502. The van der Waals surface area contributed by atoms with Crippen LogP contribution in [0.25, 0.3) is 0 Å². The topological polar surface area (TPSA) is 67.8 Å². The fourth-order valence-corrected chi connectivity index (χ4v) is 2.48. The van der Waals surface area contributed by atoms with Crippen molar-refractivity contribution in [1.29, 1.82) is 0 Å². The molecule has 0 amide bonds. The van der Waals surface area contributed by atoms with Gasteiger partial charge in [-0.25, -0.2) is 9.78 Å². The summed E-state index contributed by atoms with van der Waals surface area (Å²) in [7, 11) is 0. The molecule has 0 atom stereocenters. The molecular formula is C11H12ClN3O2S. The molecule has 0 aliphatic rings. The Labute approximate surface area is 112 Å². The second-order valence-corrected chi connectivity index (χ2v) is 4.94. The predicted octanol–water partition coefficient (Wildman–Crippen LogP) is 1.65. The Morgan fingerprint density at radius 3 is 2.89 bits per heavy atom. The van der Waals surface area contributed by atoms with Gasteiger partial charge in [0.05, 0.1) is 23.3 Å². The van der Waals surface area contributed by atoms with Gasteiger partial charge in [-0.1, -0.05) is 24.9 Å².